The number of carbonyl (C=O) groups excluding carboxylic acids is 1. The summed E-state index contributed by atoms with van der Waals surface area (Å²) >= 11 is 0. The molecule has 0 radical (unpaired) electrons. The van der Waals surface area contributed by atoms with Gasteiger partial charge in [-0.3, -0.25) is 4.79 Å². The Morgan fingerprint density at radius 2 is 1.86 bits per heavy atom. The number of sulfonamides is 1. The molecule has 0 saturated heterocycles. The minimum atomic E-state index is -3.77. The van der Waals surface area contributed by atoms with Gasteiger partial charge in [-0.1, -0.05) is 24.3 Å². The molecule has 22 heavy (non-hydrogen) atoms. The summed E-state index contributed by atoms with van der Waals surface area (Å²) in [5.74, 6) is -1.07. The maximum Gasteiger partial charge on any atom is 0.241 e. The van der Waals surface area contributed by atoms with Crippen LogP contribution in [-0.4, -0.2) is 20.9 Å². The Hall–Kier alpha value is -2.25. The molecular formula is C15H15FN2O3S. The Bertz CT molecular complexity index is 791. The molecule has 0 unspecified atom stereocenters. The van der Waals surface area contributed by atoms with Crippen molar-refractivity contribution in [1.29, 1.82) is 0 Å². The van der Waals surface area contributed by atoms with E-state index in [-0.39, 0.29) is 10.6 Å². The van der Waals surface area contributed by atoms with Gasteiger partial charge in [0.25, 0.3) is 0 Å². The average molecular weight is 322 g/mol. The number of carbonyl (C=O) groups is 1. The predicted molar refractivity (Wildman–Crippen MR) is 81.4 cm³/mol. The molecule has 0 bridgehead atoms. The molecule has 0 heterocycles. The van der Waals surface area contributed by atoms with Crippen molar-refractivity contribution in [2.75, 3.05) is 11.9 Å². The third-order valence-electron chi connectivity index (χ3n) is 2.91. The predicted octanol–water partition coefficient (Wildman–Crippen LogP) is 2.05. The fraction of sp³-hybridized carbons (Fsp3) is 0.133. The minimum absolute atomic E-state index is 0.119. The van der Waals surface area contributed by atoms with Crippen LogP contribution in [0, 0.1) is 12.7 Å². The molecule has 0 atom stereocenters. The van der Waals surface area contributed by atoms with Crippen molar-refractivity contribution in [3.63, 3.8) is 0 Å². The van der Waals surface area contributed by atoms with E-state index in [9.17, 15) is 17.6 Å². The van der Waals surface area contributed by atoms with Crippen molar-refractivity contribution in [1.82, 2.24) is 4.72 Å². The molecule has 0 saturated carbocycles. The summed E-state index contributed by atoms with van der Waals surface area (Å²) in [6.07, 6.45) is 0. The van der Waals surface area contributed by atoms with E-state index in [4.69, 9.17) is 0 Å². The van der Waals surface area contributed by atoms with E-state index in [0.717, 1.165) is 6.07 Å². The molecule has 0 aliphatic carbocycles. The normalized spacial score (nSPS) is 11.2. The van der Waals surface area contributed by atoms with Gasteiger partial charge in [-0.15, -0.1) is 0 Å². The summed E-state index contributed by atoms with van der Waals surface area (Å²) in [7, 11) is -3.77. The Morgan fingerprint density at radius 1 is 1.14 bits per heavy atom. The van der Waals surface area contributed by atoms with Gasteiger partial charge in [0.1, 0.15) is 5.82 Å². The average Bonchev–Trinajstić information content (AvgIpc) is 2.45. The molecule has 0 aliphatic rings. The van der Waals surface area contributed by atoms with Crippen molar-refractivity contribution in [2.24, 2.45) is 0 Å². The first-order valence-corrected chi connectivity index (χ1v) is 7.97. The largest absolute Gasteiger partial charge is 0.325 e. The Morgan fingerprint density at radius 3 is 2.55 bits per heavy atom. The minimum Gasteiger partial charge on any atom is -0.325 e. The molecule has 5 nitrogen and oxygen atoms in total. The number of hydrogen-bond donors (Lipinski definition) is 2. The van der Waals surface area contributed by atoms with Gasteiger partial charge in [0, 0.05) is 5.69 Å². The summed E-state index contributed by atoms with van der Waals surface area (Å²) in [6, 6.07) is 11.8. The second-order valence-electron chi connectivity index (χ2n) is 4.65. The van der Waals surface area contributed by atoms with E-state index < -0.39 is 28.3 Å². The third kappa shape index (κ3) is 4.12. The van der Waals surface area contributed by atoms with Crippen molar-refractivity contribution in [2.45, 2.75) is 11.8 Å². The maximum absolute atomic E-state index is 13.0. The number of benzene rings is 2. The van der Waals surface area contributed by atoms with E-state index in [1.807, 2.05) is 0 Å². The second kappa shape index (κ2) is 6.67. The standard InChI is InChI=1S/C15H15FN2O3S/c1-11-5-2-3-8-14(11)22(20,21)17-10-15(19)18-13-7-4-6-12(16)9-13/h2-9,17H,10H2,1H3,(H,18,19). The number of rotatable bonds is 5. The van der Waals surface area contributed by atoms with E-state index in [0.29, 0.717) is 5.56 Å². The number of hydrogen-bond acceptors (Lipinski definition) is 3. The number of halogens is 1. The highest BCUT2D eigenvalue weighted by Gasteiger charge is 2.17. The molecule has 0 aliphatic heterocycles. The lowest BCUT2D eigenvalue weighted by molar-refractivity contribution is -0.115. The fourth-order valence-corrected chi connectivity index (χ4v) is 3.09. The lowest BCUT2D eigenvalue weighted by atomic mass is 10.2. The molecule has 2 N–H and O–H groups in total. The van der Waals surface area contributed by atoms with Gasteiger partial charge < -0.3 is 5.32 Å². The van der Waals surface area contributed by atoms with Crippen LogP contribution in [-0.2, 0) is 14.8 Å². The molecule has 0 fully saturated rings. The Labute approximate surface area is 128 Å². The van der Waals surface area contributed by atoms with Gasteiger partial charge in [-0.25, -0.2) is 17.5 Å². The first-order chi connectivity index (χ1) is 10.4. The van der Waals surface area contributed by atoms with Gasteiger partial charge >= 0.3 is 0 Å². The molecule has 2 aromatic rings. The number of anilines is 1. The Balaban J connectivity index is 2.00. The van der Waals surface area contributed by atoms with Crippen molar-refractivity contribution < 1.29 is 17.6 Å². The third-order valence-corrected chi connectivity index (χ3v) is 4.48. The first kappa shape index (κ1) is 16.1. The van der Waals surface area contributed by atoms with Gasteiger partial charge in [0.05, 0.1) is 11.4 Å². The summed E-state index contributed by atoms with van der Waals surface area (Å²) in [4.78, 5) is 11.8. The lowest BCUT2D eigenvalue weighted by Gasteiger charge is -2.09. The maximum atomic E-state index is 13.0. The van der Waals surface area contributed by atoms with Crippen LogP contribution in [0.1, 0.15) is 5.56 Å². The number of nitrogens with one attached hydrogen (secondary N) is 2. The SMILES string of the molecule is Cc1ccccc1S(=O)(=O)NCC(=O)Nc1cccc(F)c1. The summed E-state index contributed by atoms with van der Waals surface area (Å²) in [5, 5.41) is 2.42. The Kier molecular flexibility index (Phi) is 4.89. The highest BCUT2D eigenvalue weighted by molar-refractivity contribution is 7.89. The molecule has 7 heteroatoms. The number of aryl methyl sites for hydroxylation is 1. The molecule has 2 aromatic carbocycles. The van der Waals surface area contributed by atoms with Gasteiger partial charge in [0.15, 0.2) is 0 Å². The number of amides is 1. The van der Waals surface area contributed by atoms with Crippen LogP contribution in [0.3, 0.4) is 0 Å². The van der Waals surface area contributed by atoms with Crippen molar-refractivity contribution >= 4 is 21.6 Å². The summed E-state index contributed by atoms with van der Waals surface area (Å²) in [5.41, 5.74) is 0.848. The van der Waals surface area contributed by atoms with E-state index in [1.165, 1.54) is 24.3 Å². The van der Waals surface area contributed by atoms with Crippen molar-refractivity contribution in [3.05, 3.63) is 59.9 Å². The quantitative estimate of drug-likeness (QED) is 0.884. The zero-order chi connectivity index (χ0) is 16.2. The molecule has 0 spiro atoms. The zero-order valence-corrected chi connectivity index (χ0v) is 12.7. The lowest BCUT2D eigenvalue weighted by Crippen LogP contribution is -2.33. The van der Waals surface area contributed by atoms with Gasteiger partial charge in [-0.05, 0) is 36.8 Å². The summed E-state index contributed by atoms with van der Waals surface area (Å²) in [6.45, 7) is 1.23. The van der Waals surface area contributed by atoms with E-state index in [2.05, 4.69) is 10.0 Å². The molecule has 0 aromatic heterocycles. The highest BCUT2D eigenvalue weighted by Crippen LogP contribution is 2.13. The van der Waals surface area contributed by atoms with Crippen LogP contribution in [0.4, 0.5) is 10.1 Å². The van der Waals surface area contributed by atoms with Gasteiger partial charge in [0.2, 0.25) is 15.9 Å². The fourth-order valence-electron chi connectivity index (χ4n) is 1.87. The monoisotopic (exact) mass is 322 g/mol. The van der Waals surface area contributed by atoms with Crippen molar-refractivity contribution in [3.8, 4) is 0 Å². The van der Waals surface area contributed by atoms with Crippen LogP contribution in [0.25, 0.3) is 0 Å². The first-order valence-electron chi connectivity index (χ1n) is 6.49. The zero-order valence-electron chi connectivity index (χ0n) is 11.8. The molecule has 2 rings (SSSR count). The van der Waals surface area contributed by atoms with Crippen LogP contribution in [0.5, 0.6) is 0 Å². The van der Waals surface area contributed by atoms with Gasteiger partial charge in [-0.2, -0.15) is 0 Å². The van der Waals surface area contributed by atoms with Crippen LogP contribution in [0.2, 0.25) is 0 Å². The molecule has 116 valence electrons. The van der Waals surface area contributed by atoms with E-state index in [1.54, 1.807) is 25.1 Å². The smallest absolute Gasteiger partial charge is 0.241 e. The summed E-state index contributed by atoms with van der Waals surface area (Å²) < 4.78 is 39.4. The molecular weight excluding hydrogens is 307 g/mol. The van der Waals surface area contributed by atoms with Crippen LogP contribution in [0.15, 0.2) is 53.4 Å². The topological polar surface area (TPSA) is 75.3 Å². The van der Waals surface area contributed by atoms with Crippen LogP contribution < -0.4 is 10.0 Å². The second-order valence-corrected chi connectivity index (χ2v) is 6.38. The van der Waals surface area contributed by atoms with E-state index >= 15 is 0 Å². The molecule has 1 amide bonds. The van der Waals surface area contributed by atoms with Crippen LogP contribution >= 0.6 is 0 Å². The highest BCUT2D eigenvalue weighted by atomic mass is 32.2.